The maximum atomic E-state index is 12.7. The maximum Gasteiger partial charge on any atom is 0.277 e. The van der Waals surface area contributed by atoms with Crippen molar-refractivity contribution in [1.29, 1.82) is 0 Å². The third-order valence-electron chi connectivity index (χ3n) is 5.42. The summed E-state index contributed by atoms with van der Waals surface area (Å²) >= 11 is 0. The molecule has 0 aliphatic carbocycles. The normalized spacial score (nSPS) is 14.5. The molecule has 4 rings (SSSR count). The Hall–Kier alpha value is -3.61. The van der Waals surface area contributed by atoms with Crippen LogP contribution in [0.1, 0.15) is 29.1 Å². The minimum Gasteiger partial charge on any atom is -0.441 e. The lowest BCUT2D eigenvalue weighted by molar-refractivity contribution is -0.122. The van der Waals surface area contributed by atoms with Gasteiger partial charge in [0, 0.05) is 35.9 Å². The number of oxazole rings is 1. The summed E-state index contributed by atoms with van der Waals surface area (Å²) in [6.07, 6.45) is 1.53. The van der Waals surface area contributed by atoms with E-state index in [1.165, 1.54) is 0 Å². The Morgan fingerprint density at radius 2 is 1.73 bits per heavy atom. The van der Waals surface area contributed by atoms with Gasteiger partial charge in [0.15, 0.2) is 5.69 Å². The SMILES string of the molecule is Cc1oc(-c2ccccc2)nc1C(=O)Nc1ccc(N2CCC(C(N)=O)CC2)cc1. The number of rotatable bonds is 5. The predicted octanol–water partition coefficient (Wildman–Crippen LogP) is 3.60. The Bertz CT molecular complexity index is 1040. The van der Waals surface area contributed by atoms with E-state index in [0.29, 0.717) is 17.3 Å². The highest BCUT2D eigenvalue weighted by Gasteiger charge is 2.23. The van der Waals surface area contributed by atoms with Gasteiger partial charge < -0.3 is 20.4 Å². The lowest BCUT2D eigenvalue weighted by atomic mass is 9.96. The van der Waals surface area contributed by atoms with Gasteiger partial charge in [-0.2, -0.15) is 0 Å². The number of aryl methyl sites for hydroxylation is 1. The second-order valence-corrected chi connectivity index (χ2v) is 7.45. The van der Waals surface area contributed by atoms with Crippen molar-refractivity contribution < 1.29 is 14.0 Å². The number of piperidine rings is 1. The molecule has 0 saturated carbocycles. The molecule has 0 spiro atoms. The van der Waals surface area contributed by atoms with Gasteiger partial charge in [-0.25, -0.2) is 4.98 Å². The average Bonchev–Trinajstić information content (AvgIpc) is 3.17. The highest BCUT2D eigenvalue weighted by molar-refractivity contribution is 6.03. The largest absolute Gasteiger partial charge is 0.441 e. The molecule has 7 nitrogen and oxygen atoms in total. The molecule has 2 heterocycles. The number of carbonyl (C=O) groups excluding carboxylic acids is 2. The van der Waals surface area contributed by atoms with E-state index in [1.807, 2.05) is 54.6 Å². The molecular weight excluding hydrogens is 380 g/mol. The number of benzene rings is 2. The maximum absolute atomic E-state index is 12.7. The molecule has 1 saturated heterocycles. The third kappa shape index (κ3) is 4.20. The number of hydrogen-bond donors (Lipinski definition) is 2. The van der Waals surface area contributed by atoms with E-state index in [1.54, 1.807) is 6.92 Å². The van der Waals surface area contributed by atoms with Crippen molar-refractivity contribution in [3.8, 4) is 11.5 Å². The molecule has 2 aromatic carbocycles. The van der Waals surface area contributed by atoms with Crippen LogP contribution in [0.25, 0.3) is 11.5 Å². The topological polar surface area (TPSA) is 101 Å². The molecular formula is C23H24N4O3. The predicted molar refractivity (Wildman–Crippen MR) is 115 cm³/mol. The first kappa shape index (κ1) is 19.7. The van der Waals surface area contributed by atoms with Crippen LogP contribution >= 0.6 is 0 Å². The summed E-state index contributed by atoms with van der Waals surface area (Å²) in [4.78, 5) is 30.6. The zero-order valence-corrected chi connectivity index (χ0v) is 16.8. The fourth-order valence-electron chi connectivity index (χ4n) is 3.68. The van der Waals surface area contributed by atoms with Crippen molar-refractivity contribution in [3.63, 3.8) is 0 Å². The number of hydrogen-bond acceptors (Lipinski definition) is 5. The van der Waals surface area contributed by atoms with Gasteiger partial charge in [0.1, 0.15) is 5.76 Å². The summed E-state index contributed by atoms with van der Waals surface area (Å²) in [5.74, 6) is 0.333. The molecule has 3 aromatic rings. The van der Waals surface area contributed by atoms with Crippen LogP contribution in [-0.2, 0) is 4.79 Å². The van der Waals surface area contributed by atoms with Crippen LogP contribution in [0.4, 0.5) is 11.4 Å². The first-order valence-electron chi connectivity index (χ1n) is 10.00. The van der Waals surface area contributed by atoms with E-state index in [4.69, 9.17) is 10.2 Å². The molecule has 1 aliphatic heterocycles. The number of nitrogens with zero attached hydrogens (tertiary/aromatic N) is 2. The van der Waals surface area contributed by atoms with E-state index in [-0.39, 0.29) is 23.4 Å². The van der Waals surface area contributed by atoms with Gasteiger partial charge in [0.05, 0.1) is 0 Å². The fourth-order valence-corrected chi connectivity index (χ4v) is 3.68. The summed E-state index contributed by atoms with van der Waals surface area (Å²) in [5, 5.41) is 2.87. The van der Waals surface area contributed by atoms with Crippen LogP contribution in [0.3, 0.4) is 0 Å². The van der Waals surface area contributed by atoms with Crippen molar-refractivity contribution >= 4 is 23.2 Å². The summed E-state index contributed by atoms with van der Waals surface area (Å²) in [6, 6.07) is 17.1. The molecule has 0 radical (unpaired) electrons. The number of nitrogens with one attached hydrogen (secondary N) is 1. The molecule has 30 heavy (non-hydrogen) atoms. The van der Waals surface area contributed by atoms with Gasteiger partial charge in [0.25, 0.3) is 5.91 Å². The molecule has 0 bridgehead atoms. The fraction of sp³-hybridized carbons (Fsp3) is 0.261. The van der Waals surface area contributed by atoms with E-state index in [2.05, 4.69) is 15.2 Å². The molecule has 154 valence electrons. The van der Waals surface area contributed by atoms with Crippen LogP contribution in [0.5, 0.6) is 0 Å². The van der Waals surface area contributed by atoms with Gasteiger partial charge in [-0.05, 0) is 56.2 Å². The van der Waals surface area contributed by atoms with Crippen LogP contribution in [0, 0.1) is 12.8 Å². The quantitative estimate of drug-likeness (QED) is 0.676. The Morgan fingerprint density at radius 1 is 1.07 bits per heavy atom. The molecule has 0 unspecified atom stereocenters. The molecule has 3 N–H and O–H groups in total. The second-order valence-electron chi connectivity index (χ2n) is 7.45. The van der Waals surface area contributed by atoms with Crippen molar-refractivity contribution in [2.45, 2.75) is 19.8 Å². The molecule has 2 amide bonds. The Morgan fingerprint density at radius 3 is 2.37 bits per heavy atom. The Labute approximate surface area is 174 Å². The van der Waals surface area contributed by atoms with Crippen molar-refractivity contribution in [2.24, 2.45) is 11.7 Å². The van der Waals surface area contributed by atoms with Crippen LogP contribution < -0.4 is 16.0 Å². The van der Waals surface area contributed by atoms with Crippen LogP contribution in [-0.4, -0.2) is 29.9 Å². The Kier molecular flexibility index (Phi) is 5.52. The van der Waals surface area contributed by atoms with E-state index >= 15 is 0 Å². The van der Waals surface area contributed by atoms with Crippen molar-refractivity contribution in [1.82, 2.24) is 4.98 Å². The van der Waals surface area contributed by atoms with Gasteiger partial charge >= 0.3 is 0 Å². The van der Waals surface area contributed by atoms with Gasteiger partial charge in [-0.3, -0.25) is 9.59 Å². The number of amides is 2. The van der Waals surface area contributed by atoms with Crippen molar-refractivity contribution in [3.05, 3.63) is 66.1 Å². The summed E-state index contributed by atoms with van der Waals surface area (Å²) in [6.45, 7) is 3.31. The molecule has 0 atom stereocenters. The Balaban J connectivity index is 1.41. The van der Waals surface area contributed by atoms with E-state index in [9.17, 15) is 9.59 Å². The average molecular weight is 404 g/mol. The zero-order chi connectivity index (χ0) is 21.1. The summed E-state index contributed by atoms with van der Waals surface area (Å²) < 4.78 is 5.67. The standard InChI is InChI=1S/C23H24N4O3/c1-15-20(26-23(30-15)17-5-3-2-4-6-17)22(29)25-18-7-9-19(10-8-18)27-13-11-16(12-14-27)21(24)28/h2-10,16H,11-14H2,1H3,(H2,24,28)(H,25,29). The smallest absolute Gasteiger partial charge is 0.277 e. The molecule has 1 aromatic heterocycles. The summed E-state index contributed by atoms with van der Waals surface area (Å²) in [7, 11) is 0. The number of carbonyl (C=O) groups is 2. The molecule has 1 fully saturated rings. The molecule has 1 aliphatic rings. The third-order valence-corrected chi connectivity index (χ3v) is 5.42. The molecule has 7 heteroatoms. The number of nitrogens with two attached hydrogens (primary N) is 1. The zero-order valence-electron chi connectivity index (χ0n) is 16.8. The number of primary amides is 1. The number of aromatic nitrogens is 1. The van der Waals surface area contributed by atoms with Crippen LogP contribution in [0.15, 0.2) is 59.0 Å². The first-order valence-corrected chi connectivity index (χ1v) is 10.00. The lowest BCUT2D eigenvalue weighted by Crippen LogP contribution is -2.38. The highest BCUT2D eigenvalue weighted by atomic mass is 16.4. The monoisotopic (exact) mass is 404 g/mol. The van der Waals surface area contributed by atoms with Crippen molar-refractivity contribution in [2.75, 3.05) is 23.3 Å². The van der Waals surface area contributed by atoms with E-state index in [0.717, 1.165) is 37.2 Å². The second kappa shape index (κ2) is 8.41. The summed E-state index contributed by atoms with van der Waals surface area (Å²) in [5.41, 5.74) is 8.23. The number of anilines is 2. The van der Waals surface area contributed by atoms with Crippen LogP contribution in [0.2, 0.25) is 0 Å². The van der Waals surface area contributed by atoms with Gasteiger partial charge in [0.2, 0.25) is 11.8 Å². The lowest BCUT2D eigenvalue weighted by Gasteiger charge is -2.32. The minimum atomic E-state index is -0.312. The highest BCUT2D eigenvalue weighted by Crippen LogP contribution is 2.25. The van der Waals surface area contributed by atoms with Gasteiger partial charge in [-0.1, -0.05) is 18.2 Å². The first-order chi connectivity index (χ1) is 14.5. The van der Waals surface area contributed by atoms with E-state index < -0.39 is 0 Å². The van der Waals surface area contributed by atoms with Gasteiger partial charge in [-0.15, -0.1) is 0 Å². The minimum absolute atomic E-state index is 0.0358.